The van der Waals surface area contributed by atoms with Gasteiger partial charge in [-0.05, 0) is 24.1 Å². The summed E-state index contributed by atoms with van der Waals surface area (Å²) in [6.07, 6.45) is 0. The maximum Gasteiger partial charge on any atom is 0.169 e. The fraction of sp³-hybridized carbons (Fsp3) is 0.273. The van der Waals surface area contributed by atoms with Crippen LogP contribution in [-0.2, 0) is 0 Å². The molecule has 0 saturated heterocycles. The van der Waals surface area contributed by atoms with Crippen molar-refractivity contribution in [3.05, 3.63) is 33.9 Å². The van der Waals surface area contributed by atoms with E-state index in [1.165, 1.54) is 0 Å². The molecule has 90 valence electrons. The third-order valence-electron chi connectivity index (χ3n) is 2.43. The molecule has 0 aliphatic heterocycles. The van der Waals surface area contributed by atoms with Crippen molar-refractivity contribution in [1.82, 2.24) is 15.0 Å². The van der Waals surface area contributed by atoms with Crippen molar-refractivity contribution in [2.45, 2.75) is 19.8 Å². The van der Waals surface area contributed by atoms with Crippen molar-refractivity contribution >= 4 is 29.0 Å². The van der Waals surface area contributed by atoms with Gasteiger partial charge in [0.15, 0.2) is 5.82 Å². The number of nitrogens with zero attached hydrogens (tertiary/aromatic N) is 3. The minimum Gasteiger partial charge on any atom is -0.381 e. The molecule has 1 heterocycles. The number of benzene rings is 1. The number of hydrogen-bond donors (Lipinski definition) is 1. The minimum atomic E-state index is 0.222. The summed E-state index contributed by atoms with van der Waals surface area (Å²) in [5.74, 6) is 0.658. The molecular formula is C11H12Cl2N4. The van der Waals surface area contributed by atoms with Crippen molar-refractivity contribution in [2.24, 2.45) is 0 Å². The van der Waals surface area contributed by atoms with E-state index in [2.05, 4.69) is 10.3 Å². The van der Waals surface area contributed by atoms with Crippen molar-refractivity contribution in [1.29, 1.82) is 0 Å². The van der Waals surface area contributed by atoms with Crippen LogP contribution in [-0.4, -0.2) is 15.0 Å². The number of aromatic nitrogens is 3. The molecule has 17 heavy (non-hydrogen) atoms. The summed E-state index contributed by atoms with van der Waals surface area (Å²) in [6.45, 7) is 4.06. The second-order valence-corrected chi connectivity index (χ2v) is 4.84. The lowest BCUT2D eigenvalue weighted by Crippen LogP contribution is -2.05. The van der Waals surface area contributed by atoms with Gasteiger partial charge in [0.2, 0.25) is 0 Å². The van der Waals surface area contributed by atoms with E-state index in [0.29, 0.717) is 15.9 Å². The lowest BCUT2D eigenvalue weighted by Gasteiger charge is -2.10. The second kappa shape index (κ2) is 4.55. The Morgan fingerprint density at radius 1 is 1.24 bits per heavy atom. The van der Waals surface area contributed by atoms with Crippen molar-refractivity contribution in [3.63, 3.8) is 0 Å². The van der Waals surface area contributed by atoms with Crippen molar-refractivity contribution in [2.75, 3.05) is 5.73 Å². The minimum absolute atomic E-state index is 0.222. The SMILES string of the molecule is CC(C)c1c(N)nnn1-c1ccc(Cl)c(Cl)c1. The van der Waals surface area contributed by atoms with E-state index >= 15 is 0 Å². The molecule has 1 aromatic carbocycles. The lowest BCUT2D eigenvalue weighted by molar-refractivity contribution is 0.716. The van der Waals surface area contributed by atoms with Gasteiger partial charge in [0.05, 0.1) is 21.4 Å². The van der Waals surface area contributed by atoms with Gasteiger partial charge in [-0.25, -0.2) is 4.68 Å². The highest BCUT2D eigenvalue weighted by Gasteiger charge is 2.15. The van der Waals surface area contributed by atoms with Crippen LogP contribution in [0.15, 0.2) is 18.2 Å². The van der Waals surface area contributed by atoms with E-state index in [-0.39, 0.29) is 5.92 Å². The summed E-state index contributed by atoms with van der Waals surface area (Å²) in [5.41, 5.74) is 7.46. The number of halogens is 2. The first-order valence-corrected chi connectivity index (χ1v) is 5.92. The Morgan fingerprint density at radius 3 is 2.53 bits per heavy atom. The van der Waals surface area contributed by atoms with E-state index in [1.807, 2.05) is 19.9 Å². The molecule has 2 rings (SSSR count). The largest absolute Gasteiger partial charge is 0.381 e. The predicted octanol–water partition coefficient (Wildman–Crippen LogP) is 3.28. The molecule has 2 aromatic rings. The van der Waals surface area contributed by atoms with Crippen LogP contribution >= 0.6 is 23.2 Å². The molecule has 0 aliphatic carbocycles. The van der Waals surface area contributed by atoms with E-state index in [0.717, 1.165) is 11.4 Å². The van der Waals surface area contributed by atoms with Crippen LogP contribution in [0.5, 0.6) is 0 Å². The number of nitrogens with two attached hydrogens (primary N) is 1. The lowest BCUT2D eigenvalue weighted by atomic mass is 10.1. The molecule has 0 spiro atoms. The molecule has 0 bridgehead atoms. The van der Waals surface area contributed by atoms with Gasteiger partial charge in [0, 0.05) is 0 Å². The van der Waals surface area contributed by atoms with Crippen LogP contribution in [0.3, 0.4) is 0 Å². The molecule has 0 fully saturated rings. The zero-order chi connectivity index (χ0) is 12.6. The first-order chi connectivity index (χ1) is 8.00. The summed E-state index contributed by atoms with van der Waals surface area (Å²) < 4.78 is 1.68. The van der Waals surface area contributed by atoms with Crippen molar-refractivity contribution < 1.29 is 0 Å². The Bertz CT molecular complexity index is 548. The van der Waals surface area contributed by atoms with E-state index < -0.39 is 0 Å². The number of anilines is 1. The molecule has 4 nitrogen and oxygen atoms in total. The van der Waals surface area contributed by atoms with Gasteiger partial charge in [-0.3, -0.25) is 0 Å². The average Bonchev–Trinajstić information content (AvgIpc) is 2.64. The second-order valence-electron chi connectivity index (χ2n) is 4.02. The first kappa shape index (κ1) is 12.2. The Balaban J connectivity index is 2.56. The van der Waals surface area contributed by atoms with E-state index in [4.69, 9.17) is 28.9 Å². The normalized spacial score (nSPS) is 11.1. The van der Waals surface area contributed by atoms with Crippen LogP contribution in [0.4, 0.5) is 5.82 Å². The smallest absolute Gasteiger partial charge is 0.169 e. The standard InChI is InChI=1S/C11H12Cl2N4/c1-6(2)10-11(14)15-16-17(10)7-3-4-8(12)9(13)5-7/h3-6H,14H2,1-2H3. The molecule has 0 unspecified atom stereocenters. The highest BCUT2D eigenvalue weighted by molar-refractivity contribution is 6.42. The first-order valence-electron chi connectivity index (χ1n) is 5.17. The molecular weight excluding hydrogens is 259 g/mol. The Labute approximate surface area is 109 Å². The third kappa shape index (κ3) is 2.23. The highest BCUT2D eigenvalue weighted by Crippen LogP contribution is 2.27. The zero-order valence-electron chi connectivity index (χ0n) is 9.48. The summed E-state index contributed by atoms with van der Waals surface area (Å²) in [7, 11) is 0. The Hall–Kier alpha value is -1.26. The van der Waals surface area contributed by atoms with Gasteiger partial charge in [0.1, 0.15) is 0 Å². The molecule has 2 N–H and O–H groups in total. The van der Waals surface area contributed by atoms with Gasteiger partial charge in [-0.1, -0.05) is 42.3 Å². The van der Waals surface area contributed by atoms with Crippen LogP contribution in [0, 0.1) is 0 Å². The fourth-order valence-electron chi connectivity index (χ4n) is 1.65. The quantitative estimate of drug-likeness (QED) is 0.911. The van der Waals surface area contributed by atoms with Crippen LogP contribution < -0.4 is 5.73 Å². The van der Waals surface area contributed by atoms with Gasteiger partial charge in [-0.15, -0.1) is 5.10 Å². The topological polar surface area (TPSA) is 56.7 Å². The zero-order valence-corrected chi connectivity index (χ0v) is 11.0. The maximum atomic E-state index is 5.98. The van der Waals surface area contributed by atoms with Gasteiger partial charge >= 0.3 is 0 Å². The summed E-state index contributed by atoms with van der Waals surface area (Å²) in [6, 6.07) is 5.29. The number of hydrogen-bond acceptors (Lipinski definition) is 3. The Morgan fingerprint density at radius 2 is 1.94 bits per heavy atom. The van der Waals surface area contributed by atoms with E-state index in [9.17, 15) is 0 Å². The van der Waals surface area contributed by atoms with Gasteiger partial charge in [-0.2, -0.15) is 0 Å². The third-order valence-corrected chi connectivity index (χ3v) is 3.17. The van der Waals surface area contributed by atoms with Crippen LogP contribution in [0.25, 0.3) is 5.69 Å². The monoisotopic (exact) mass is 270 g/mol. The summed E-state index contributed by atoms with van der Waals surface area (Å²) >= 11 is 11.9. The molecule has 0 atom stereocenters. The molecule has 0 aliphatic rings. The fourth-order valence-corrected chi connectivity index (χ4v) is 1.94. The molecule has 0 saturated carbocycles. The summed E-state index contributed by atoms with van der Waals surface area (Å²) in [5, 5.41) is 8.89. The van der Waals surface area contributed by atoms with E-state index in [1.54, 1.807) is 16.8 Å². The maximum absolute atomic E-state index is 5.98. The number of nitrogen functional groups attached to an aromatic ring is 1. The highest BCUT2D eigenvalue weighted by atomic mass is 35.5. The van der Waals surface area contributed by atoms with Crippen LogP contribution in [0.2, 0.25) is 10.0 Å². The number of rotatable bonds is 2. The average molecular weight is 271 g/mol. The molecule has 0 amide bonds. The Kier molecular flexibility index (Phi) is 3.26. The van der Waals surface area contributed by atoms with Gasteiger partial charge in [0.25, 0.3) is 0 Å². The summed E-state index contributed by atoms with van der Waals surface area (Å²) in [4.78, 5) is 0. The van der Waals surface area contributed by atoms with Gasteiger partial charge < -0.3 is 5.73 Å². The molecule has 1 aromatic heterocycles. The van der Waals surface area contributed by atoms with Crippen LogP contribution in [0.1, 0.15) is 25.5 Å². The molecule has 0 radical (unpaired) electrons. The van der Waals surface area contributed by atoms with Crippen molar-refractivity contribution in [3.8, 4) is 5.69 Å². The predicted molar refractivity (Wildman–Crippen MR) is 69.9 cm³/mol. The molecule has 6 heteroatoms.